The molecule has 2 aromatic carbocycles. The molecular weight excluding hydrogens is 412 g/mol. The average molecular weight is 443 g/mol. The number of amides is 2. The minimum Gasteiger partial charge on any atom is -0.352 e. The van der Waals surface area contributed by atoms with E-state index in [2.05, 4.69) is 39.6 Å². The van der Waals surface area contributed by atoms with Gasteiger partial charge >= 0.3 is 0 Å². The van der Waals surface area contributed by atoms with Gasteiger partial charge in [-0.2, -0.15) is 0 Å². The van der Waals surface area contributed by atoms with Crippen LogP contribution in [0.1, 0.15) is 34.8 Å². The molecule has 1 fully saturated rings. The van der Waals surface area contributed by atoms with Crippen LogP contribution in [-0.2, 0) is 4.79 Å². The number of hydrogen-bond donors (Lipinski definition) is 2. The van der Waals surface area contributed by atoms with Crippen molar-refractivity contribution in [1.29, 1.82) is 0 Å². The second-order valence-electron chi connectivity index (χ2n) is 8.00. The third kappa shape index (κ3) is 7.65. The molecule has 1 aliphatic rings. The molecule has 3 rings (SSSR count). The van der Waals surface area contributed by atoms with Crippen molar-refractivity contribution < 1.29 is 9.59 Å². The zero-order valence-corrected chi connectivity index (χ0v) is 18.8. The number of benzene rings is 2. The number of carbonyl (C=O) groups excluding carboxylic acids is 2. The van der Waals surface area contributed by atoms with Crippen molar-refractivity contribution in [3.8, 4) is 0 Å². The number of carbonyl (C=O) groups is 2. The van der Waals surface area contributed by atoms with Gasteiger partial charge in [-0.05, 0) is 43.3 Å². The van der Waals surface area contributed by atoms with Crippen LogP contribution in [0, 0.1) is 0 Å². The van der Waals surface area contributed by atoms with E-state index in [1.807, 2.05) is 18.2 Å². The maximum Gasteiger partial charge on any atom is 0.251 e. The maximum absolute atomic E-state index is 12.6. The molecule has 1 heterocycles. The molecule has 1 unspecified atom stereocenters. The Morgan fingerprint density at radius 1 is 1.00 bits per heavy atom. The van der Waals surface area contributed by atoms with Crippen molar-refractivity contribution in [1.82, 2.24) is 20.4 Å². The number of halogens is 1. The number of hydrogen-bond acceptors (Lipinski definition) is 4. The molecule has 1 aliphatic heterocycles. The van der Waals surface area contributed by atoms with E-state index in [1.165, 1.54) is 0 Å². The van der Waals surface area contributed by atoms with Gasteiger partial charge in [0.1, 0.15) is 0 Å². The highest BCUT2D eigenvalue weighted by molar-refractivity contribution is 6.30. The van der Waals surface area contributed by atoms with E-state index in [1.54, 1.807) is 24.3 Å². The fourth-order valence-corrected chi connectivity index (χ4v) is 3.76. The van der Waals surface area contributed by atoms with Crippen molar-refractivity contribution in [2.75, 3.05) is 46.3 Å². The predicted octanol–water partition coefficient (Wildman–Crippen LogP) is 2.95. The lowest BCUT2D eigenvalue weighted by atomic mass is 10.1. The lowest BCUT2D eigenvalue weighted by Crippen LogP contribution is -2.47. The number of nitrogens with one attached hydrogen (secondary N) is 2. The van der Waals surface area contributed by atoms with Gasteiger partial charge in [0.15, 0.2) is 0 Å². The summed E-state index contributed by atoms with van der Waals surface area (Å²) in [5.41, 5.74) is 1.68. The van der Waals surface area contributed by atoms with E-state index in [9.17, 15) is 9.59 Å². The van der Waals surface area contributed by atoms with E-state index >= 15 is 0 Å². The van der Waals surface area contributed by atoms with Crippen LogP contribution in [0.2, 0.25) is 5.02 Å². The summed E-state index contributed by atoms with van der Waals surface area (Å²) in [6, 6.07) is 16.8. The van der Waals surface area contributed by atoms with Gasteiger partial charge in [-0.3, -0.25) is 14.5 Å². The van der Waals surface area contributed by atoms with Crippen LogP contribution < -0.4 is 10.6 Å². The Morgan fingerprint density at radius 2 is 1.68 bits per heavy atom. The standard InChI is InChI=1S/C24H31ClN4O2/c1-28-14-16-29(17-15-28)18-22(19-6-3-2-4-7-19)27-23(30)8-5-13-26-24(31)20-9-11-21(25)12-10-20/h2-4,6-7,9-12,22H,5,8,13-18H2,1H3,(H,26,31)(H,27,30). The fraction of sp³-hybridized carbons (Fsp3) is 0.417. The number of rotatable bonds is 9. The number of piperazine rings is 1. The molecule has 7 heteroatoms. The first-order valence-electron chi connectivity index (χ1n) is 10.8. The van der Waals surface area contributed by atoms with Crippen LogP contribution in [0.15, 0.2) is 54.6 Å². The molecule has 0 aromatic heterocycles. The number of nitrogens with zero attached hydrogens (tertiary/aromatic N) is 2. The van der Waals surface area contributed by atoms with Gasteiger partial charge in [0.25, 0.3) is 5.91 Å². The van der Waals surface area contributed by atoms with Crippen LogP contribution >= 0.6 is 11.6 Å². The highest BCUT2D eigenvalue weighted by Gasteiger charge is 2.21. The van der Waals surface area contributed by atoms with Crippen LogP contribution in [0.3, 0.4) is 0 Å². The average Bonchev–Trinajstić information content (AvgIpc) is 2.78. The number of likely N-dealkylation sites (N-methyl/N-ethyl adjacent to an activating group) is 1. The van der Waals surface area contributed by atoms with Gasteiger partial charge in [0, 0.05) is 56.3 Å². The van der Waals surface area contributed by atoms with Crippen molar-refractivity contribution in [2.24, 2.45) is 0 Å². The summed E-state index contributed by atoms with van der Waals surface area (Å²) in [6.45, 7) is 5.35. The Balaban J connectivity index is 1.46. The van der Waals surface area contributed by atoms with Crippen LogP contribution in [0.25, 0.3) is 0 Å². The van der Waals surface area contributed by atoms with Crippen LogP contribution in [0.4, 0.5) is 0 Å². The summed E-state index contributed by atoms with van der Waals surface area (Å²) in [6.07, 6.45) is 0.953. The molecule has 31 heavy (non-hydrogen) atoms. The molecule has 0 spiro atoms. The van der Waals surface area contributed by atoms with E-state index in [-0.39, 0.29) is 17.9 Å². The molecule has 0 aliphatic carbocycles. The Bertz CT molecular complexity index is 836. The molecular formula is C24H31ClN4O2. The molecule has 2 N–H and O–H groups in total. The quantitative estimate of drug-likeness (QED) is 0.586. The van der Waals surface area contributed by atoms with E-state index in [0.717, 1.165) is 38.3 Å². The largest absolute Gasteiger partial charge is 0.352 e. The van der Waals surface area contributed by atoms with Crippen molar-refractivity contribution in [3.05, 3.63) is 70.7 Å². The summed E-state index contributed by atoms with van der Waals surface area (Å²) in [5, 5.41) is 6.65. The van der Waals surface area contributed by atoms with Crippen molar-refractivity contribution in [3.63, 3.8) is 0 Å². The smallest absolute Gasteiger partial charge is 0.251 e. The summed E-state index contributed by atoms with van der Waals surface area (Å²) in [5.74, 6) is -0.155. The van der Waals surface area contributed by atoms with Gasteiger partial charge in [0.05, 0.1) is 6.04 Å². The SMILES string of the molecule is CN1CCN(CC(NC(=O)CCCNC(=O)c2ccc(Cl)cc2)c2ccccc2)CC1. The van der Waals surface area contributed by atoms with Crippen LogP contribution in [-0.4, -0.2) is 67.9 Å². The summed E-state index contributed by atoms with van der Waals surface area (Å²) in [4.78, 5) is 29.5. The first-order valence-corrected chi connectivity index (χ1v) is 11.2. The normalized spacial score (nSPS) is 15.9. The van der Waals surface area contributed by atoms with Gasteiger partial charge in [-0.15, -0.1) is 0 Å². The van der Waals surface area contributed by atoms with E-state index in [4.69, 9.17) is 11.6 Å². The molecule has 166 valence electrons. The van der Waals surface area contributed by atoms with Gasteiger partial charge in [-0.1, -0.05) is 41.9 Å². The van der Waals surface area contributed by atoms with Crippen molar-refractivity contribution >= 4 is 23.4 Å². The highest BCUT2D eigenvalue weighted by Crippen LogP contribution is 2.16. The zero-order chi connectivity index (χ0) is 22.1. The summed E-state index contributed by atoms with van der Waals surface area (Å²) < 4.78 is 0. The Morgan fingerprint density at radius 3 is 2.35 bits per heavy atom. The Labute approximate surface area is 189 Å². The topological polar surface area (TPSA) is 64.7 Å². The minimum atomic E-state index is -0.158. The molecule has 1 saturated heterocycles. The fourth-order valence-electron chi connectivity index (χ4n) is 3.63. The first-order chi connectivity index (χ1) is 15.0. The first kappa shape index (κ1) is 23.3. The van der Waals surface area contributed by atoms with Gasteiger partial charge < -0.3 is 15.5 Å². The molecule has 0 saturated carbocycles. The molecule has 2 aromatic rings. The molecule has 0 bridgehead atoms. The summed E-state index contributed by atoms with van der Waals surface area (Å²) in [7, 11) is 2.14. The molecule has 0 radical (unpaired) electrons. The monoisotopic (exact) mass is 442 g/mol. The Kier molecular flexibility index (Phi) is 8.88. The molecule has 2 amide bonds. The minimum absolute atomic E-state index is 0.00345. The summed E-state index contributed by atoms with van der Waals surface area (Å²) >= 11 is 5.85. The van der Waals surface area contributed by atoms with Crippen molar-refractivity contribution in [2.45, 2.75) is 18.9 Å². The zero-order valence-electron chi connectivity index (χ0n) is 18.0. The van der Waals surface area contributed by atoms with E-state index in [0.29, 0.717) is 30.0 Å². The van der Waals surface area contributed by atoms with E-state index < -0.39 is 0 Å². The van der Waals surface area contributed by atoms with Gasteiger partial charge in [0.2, 0.25) is 5.91 Å². The van der Waals surface area contributed by atoms with Crippen LogP contribution in [0.5, 0.6) is 0 Å². The third-order valence-corrected chi connectivity index (χ3v) is 5.80. The third-order valence-electron chi connectivity index (χ3n) is 5.55. The predicted molar refractivity (Wildman–Crippen MR) is 124 cm³/mol. The lowest BCUT2D eigenvalue weighted by Gasteiger charge is -2.35. The molecule has 1 atom stereocenters. The Hall–Kier alpha value is -2.41. The lowest BCUT2D eigenvalue weighted by molar-refractivity contribution is -0.122. The highest BCUT2D eigenvalue weighted by atomic mass is 35.5. The van der Waals surface area contributed by atoms with Gasteiger partial charge in [-0.25, -0.2) is 0 Å². The molecule has 6 nitrogen and oxygen atoms in total. The second-order valence-corrected chi connectivity index (χ2v) is 8.44. The maximum atomic E-state index is 12.6. The second kappa shape index (κ2) is 11.8.